The van der Waals surface area contributed by atoms with Crippen molar-refractivity contribution in [1.29, 1.82) is 0 Å². The van der Waals surface area contributed by atoms with Gasteiger partial charge in [0.2, 0.25) is 0 Å². The van der Waals surface area contributed by atoms with Gasteiger partial charge in [0.25, 0.3) is 0 Å². The van der Waals surface area contributed by atoms with E-state index in [-0.39, 0.29) is 0 Å². The van der Waals surface area contributed by atoms with Gasteiger partial charge in [0.15, 0.2) is 0 Å². The van der Waals surface area contributed by atoms with Gasteiger partial charge in [-0.2, -0.15) is 0 Å². The zero-order valence-corrected chi connectivity index (χ0v) is 10.2. The molecule has 1 atom stereocenters. The molecular weight excluding hydrogens is 202 g/mol. The summed E-state index contributed by atoms with van der Waals surface area (Å²) in [5.74, 6) is 0. The van der Waals surface area contributed by atoms with E-state index in [0.29, 0.717) is 11.5 Å². The lowest BCUT2D eigenvalue weighted by Crippen LogP contribution is -2.36. The monoisotopic (exact) mass is 227 g/mol. The van der Waals surface area contributed by atoms with Crippen LogP contribution >= 0.6 is 0 Å². The molecule has 0 spiro atoms. The summed E-state index contributed by atoms with van der Waals surface area (Å²) in [5, 5.41) is 0. The van der Waals surface area contributed by atoms with Gasteiger partial charge in [0.1, 0.15) is 0 Å². The Hall–Kier alpha value is -0.120. The minimum Gasteiger partial charge on any atom is -0.381 e. The molecule has 0 aromatic carbocycles. The van der Waals surface area contributed by atoms with Gasteiger partial charge in [0.05, 0.1) is 6.10 Å². The van der Waals surface area contributed by atoms with Gasteiger partial charge < -0.3 is 15.2 Å². The second kappa shape index (κ2) is 5.99. The highest BCUT2D eigenvalue weighted by molar-refractivity contribution is 4.83. The number of nitrogens with two attached hydrogens (primary N) is 1. The van der Waals surface area contributed by atoms with Gasteiger partial charge >= 0.3 is 0 Å². The van der Waals surface area contributed by atoms with Crippen molar-refractivity contribution in [3.63, 3.8) is 0 Å². The zero-order chi connectivity index (χ0) is 11.3. The third kappa shape index (κ3) is 3.19. The molecule has 0 aromatic rings. The number of hydrogen-bond donors (Lipinski definition) is 1. The summed E-state index contributed by atoms with van der Waals surface area (Å²) in [6.45, 7) is 3.59. The van der Waals surface area contributed by atoms with Crippen LogP contribution in [0.15, 0.2) is 0 Å². The Kier molecular flexibility index (Phi) is 4.62. The van der Waals surface area contributed by atoms with E-state index in [9.17, 15) is 0 Å². The molecule has 0 bridgehead atoms. The third-order valence-corrected chi connectivity index (χ3v) is 4.24. The number of ether oxygens (including phenoxy) is 2. The molecule has 0 radical (unpaired) electrons. The standard InChI is InChI=1S/C13H25NO2/c14-11-13(6-9-15-10-7-13)5-1-3-12-4-2-8-16-12/h12H,1-11,14H2. The van der Waals surface area contributed by atoms with Crippen LogP contribution in [-0.2, 0) is 9.47 Å². The van der Waals surface area contributed by atoms with Crippen LogP contribution in [0, 0.1) is 5.41 Å². The SMILES string of the molecule is NCC1(CCCC2CCCO2)CCOCC1. The molecule has 2 N–H and O–H groups in total. The quantitative estimate of drug-likeness (QED) is 0.782. The first kappa shape index (κ1) is 12.3. The normalized spacial score (nSPS) is 29.4. The van der Waals surface area contributed by atoms with Gasteiger partial charge in [-0.1, -0.05) is 6.42 Å². The maximum Gasteiger partial charge on any atom is 0.0576 e. The average Bonchev–Trinajstić information content (AvgIpc) is 2.83. The number of hydrogen-bond acceptors (Lipinski definition) is 3. The van der Waals surface area contributed by atoms with Crippen molar-refractivity contribution in [2.24, 2.45) is 11.1 Å². The van der Waals surface area contributed by atoms with Crippen molar-refractivity contribution in [2.75, 3.05) is 26.4 Å². The molecule has 0 amide bonds. The molecule has 16 heavy (non-hydrogen) atoms. The maximum absolute atomic E-state index is 5.95. The van der Waals surface area contributed by atoms with E-state index in [1.807, 2.05) is 0 Å². The lowest BCUT2D eigenvalue weighted by atomic mass is 9.76. The summed E-state index contributed by atoms with van der Waals surface area (Å²) in [6.07, 6.45) is 9.09. The van der Waals surface area contributed by atoms with E-state index in [0.717, 1.165) is 39.2 Å². The molecule has 2 rings (SSSR count). The summed E-state index contributed by atoms with van der Waals surface area (Å²) >= 11 is 0. The first-order valence-electron chi connectivity index (χ1n) is 6.74. The van der Waals surface area contributed by atoms with Gasteiger partial charge in [-0.25, -0.2) is 0 Å². The topological polar surface area (TPSA) is 44.5 Å². The number of rotatable bonds is 5. The summed E-state index contributed by atoms with van der Waals surface area (Å²) < 4.78 is 11.1. The maximum atomic E-state index is 5.95. The molecule has 2 aliphatic rings. The van der Waals surface area contributed by atoms with Gasteiger partial charge in [-0.15, -0.1) is 0 Å². The van der Waals surface area contributed by atoms with E-state index in [1.54, 1.807) is 0 Å². The van der Waals surface area contributed by atoms with Crippen molar-refractivity contribution >= 4 is 0 Å². The molecule has 2 saturated heterocycles. The molecule has 94 valence electrons. The fourth-order valence-electron chi connectivity index (χ4n) is 2.94. The molecule has 0 aliphatic carbocycles. The Morgan fingerprint density at radius 2 is 2.00 bits per heavy atom. The minimum atomic E-state index is 0.372. The molecule has 2 heterocycles. The Labute approximate surface area is 98.7 Å². The van der Waals surface area contributed by atoms with E-state index in [2.05, 4.69) is 0 Å². The lowest BCUT2D eigenvalue weighted by molar-refractivity contribution is 0.0110. The molecule has 0 aromatic heterocycles. The van der Waals surface area contributed by atoms with Crippen LogP contribution in [0.25, 0.3) is 0 Å². The Balaban J connectivity index is 1.69. The van der Waals surface area contributed by atoms with Crippen molar-refractivity contribution in [2.45, 2.75) is 51.0 Å². The van der Waals surface area contributed by atoms with Crippen molar-refractivity contribution in [1.82, 2.24) is 0 Å². The van der Waals surface area contributed by atoms with Crippen molar-refractivity contribution in [3.05, 3.63) is 0 Å². The summed E-state index contributed by atoms with van der Waals surface area (Å²) in [5.41, 5.74) is 6.32. The molecule has 3 heteroatoms. The van der Waals surface area contributed by atoms with E-state index in [1.165, 1.54) is 32.1 Å². The summed E-state index contributed by atoms with van der Waals surface area (Å²) in [6, 6.07) is 0. The Morgan fingerprint density at radius 3 is 2.62 bits per heavy atom. The fourth-order valence-corrected chi connectivity index (χ4v) is 2.94. The Morgan fingerprint density at radius 1 is 1.19 bits per heavy atom. The predicted octanol–water partition coefficient (Wildman–Crippen LogP) is 2.09. The molecule has 0 saturated carbocycles. The summed E-state index contributed by atoms with van der Waals surface area (Å²) in [7, 11) is 0. The molecule has 3 nitrogen and oxygen atoms in total. The molecule has 1 unspecified atom stereocenters. The largest absolute Gasteiger partial charge is 0.381 e. The van der Waals surface area contributed by atoms with Crippen molar-refractivity contribution in [3.8, 4) is 0 Å². The average molecular weight is 227 g/mol. The first-order chi connectivity index (χ1) is 7.85. The van der Waals surface area contributed by atoms with E-state index >= 15 is 0 Å². The van der Waals surface area contributed by atoms with Crippen LogP contribution in [-0.4, -0.2) is 32.5 Å². The predicted molar refractivity (Wildman–Crippen MR) is 64.4 cm³/mol. The molecule has 2 aliphatic heterocycles. The Bertz CT molecular complexity index is 196. The highest BCUT2D eigenvalue weighted by Gasteiger charge is 2.30. The second-order valence-corrected chi connectivity index (χ2v) is 5.34. The van der Waals surface area contributed by atoms with Gasteiger partial charge in [-0.05, 0) is 50.5 Å². The first-order valence-corrected chi connectivity index (χ1v) is 6.74. The van der Waals surface area contributed by atoms with Crippen LogP contribution in [0.4, 0.5) is 0 Å². The van der Waals surface area contributed by atoms with Crippen LogP contribution in [0.3, 0.4) is 0 Å². The minimum absolute atomic E-state index is 0.372. The van der Waals surface area contributed by atoms with E-state index < -0.39 is 0 Å². The van der Waals surface area contributed by atoms with Crippen LogP contribution in [0.2, 0.25) is 0 Å². The third-order valence-electron chi connectivity index (χ3n) is 4.24. The zero-order valence-electron chi connectivity index (χ0n) is 10.2. The smallest absolute Gasteiger partial charge is 0.0576 e. The van der Waals surface area contributed by atoms with Gasteiger partial charge in [-0.3, -0.25) is 0 Å². The van der Waals surface area contributed by atoms with Crippen LogP contribution < -0.4 is 5.73 Å². The van der Waals surface area contributed by atoms with Gasteiger partial charge in [0, 0.05) is 19.8 Å². The molecular formula is C13H25NO2. The van der Waals surface area contributed by atoms with Crippen LogP contribution in [0.5, 0.6) is 0 Å². The van der Waals surface area contributed by atoms with E-state index in [4.69, 9.17) is 15.2 Å². The lowest BCUT2D eigenvalue weighted by Gasteiger charge is -2.36. The highest BCUT2D eigenvalue weighted by Crippen LogP contribution is 2.35. The fraction of sp³-hybridized carbons (Fsp3) is 1.00. The summed E-state index contributed by atoms with van der Waals surface area (Å²) in [4.78, 5) is 0. The highest BCUT2D eigenvalue weighted by atomic mass is 16.5. The second-order valence-electron chi connectivity index (χ2n) is 5.34. The molecule has 2 fully saturated rings. The van der Waals surface area contributed by atoms with Crippen molar-refractivity contribution < 1.29 is 9.47 Å². The van der Waals surface area contributed by atoms with Crippen LogP contribution in [0.1, 0.15) is 44.9 Å².